The third-order valence-corrected chi connectivity index (χ3v) is 2.14. The van der Waals surface area contributed by atoms with Gasteiger partial charge in [-0.25, -0.2) is 9.59 Å². The zero-order valence-corrected chi connectivity index (χ0v) is 10.3. The van der Waals surface area contributed by atoms with Gasteiger partial charge in [-0.05, 0) is 11.6 Å². The molecule has 1 unspecified atom stereocenters. The highest BCUT2D eigenvalue weighted by atomic mass is 16.4. The second kappa shape index (κ2) is 6.52. The molecule has 0 aliphatic carbocycles. The quantitative estimate of drug-likeness (QED) is 0.616. The summed E-state index contributed by atoms with van der Waals surface area (Å²) >= 11 is 0. The molecule has 1 rings (SSSR count). The minimum Gasteiger partial charge on any atom is -0.480 e. The molecule has 9 nitrogen and oxygen atoms in total. The second-order valence-electron chi connectivity index (χ2n) is 3.70. The van der Waals surface area contributed by atoms with Crippen LogP contribution in [-0.2, 0) is 18.4 Å². The van der Waals surface area contributed by atoms with Crippen LogP contribution >= 0.6 is 0 Å². The van der Waals surface area contributed by atoms with E-state index in [4.69, 9.17) is 5.11 Å². The monoisotopic (exact) mass is 256 g/mol. The molecule has 0 fully saturated rings. The van der Waals surface area contributed by atoms with Gasteiger partial charge >= 0.3 is 12.0 Å². The maximum Gasteiger partial charge on any atom is 0.326 e. The number of carbonyl (C=O) groups is 2. The maximum absolute atomic E-state index is 11.4. The largest absolute Gasteiger partial charge is 0.480 e. The second-order valence-corrected chi connectivity index (χ2v) is 3.70. The van der Waals surface area contributed by atoms with Gasteiger partial charge in [-0.3, -0.25) is 0 Å². The van der Waals surface area contributed by atoms with Crippen LogP contribution < -0.4 is 10.6 Å². The summed E-state index contributed by atoms with van der Waals surface area (Å²) < 4.78 is 0. The molecule has 0 radical (unpaired) electrons. The SMILES string of the molecule is CCCC(NC(=O)NCc1nnn(C)n1)C(=O)O. The summed E-state index contributed by atoms with van der Waals surface area (Å²) in [7, 11) is 1.61. The van der Waals surface area contributed by atoms with Crippen molar-refractivity contribution in [1.82, 2.24) is 30.8 Å². The van der Waals surface area contributed by atoms with E-state index in [0.29, 0.717) is 18.7 Å². The first kappa shape index (κ1) is 13.9. The molecule has 1 heterocycles. The number of carbonyl (C=O) groups excluding carboxylic acids is 1. The first-order valence-electron chi connectivity index (χ1n) is 5.53. The summed E-state index contributed by atoms with van der Waals surface area (Å²) in [4.78, 5) is 23.5. The van der Waals surface area contributed by atoms with Gasteiger partial charge < -0.3 is 15.7 Å². The third-order valence-electron chi connectivity index (χ3n) is 2.14. The number of rotatable bonds is 6. The number of nitrogens with one attached hydrogen (secondary N) is 2. The molecule has 0 saturated carbocycles. The van der Waals surface area contributed by atoms with Crippen molar-refractivity contribution in [3.8, 4) is 0 Å². The lowest BCUT2D eigenvalue weighted by Crippen LogP contribution is -2.45. The van der Waals surface area contributed by atoms with E-state index in [0.717, 1.165) is 0 Å². The average Bonchev–Trinajstić information content (AvgIpc) is 2.72. The Kier molecular flexibility index (Phi) is 5.03. The van der Waals surface area contributed by atoms with Gasteiger partial charge in [-0.15, -0.1) is 10.2 Å². The van der Waals surface area contributed by atoms with Crippen LogP contribution in [0.5, 0.6) is 0 Å². The van der Waals surface area contributed by atoms with Crippen molar-refractivity contribution in [3.05, 3.63) is 5.82 Å². The van der Waals surface area contributed by atoms with Gasteiger partial charge in [0.2, 0.25) is 0 Å². The zero-order chi connectivity index (χ0) is 13.5. The number of aromatic nitrogens is 4. The van der Waals surface area contributed by atoms with Crippen molar-refractivity contribution >= 4 is 12.0 Å². The maximum atomic E-state index is 11.4. The fourth-order valence-corrected chi connectivity index (χ4v) is 1.31. The van der Waals surface area contributed by atoms with Crippen LogP contribution in [0.2, 0.25) is 0 Å². The lowest BCUT2D eigenvalue weighted by Gasteiger charge is -2.13. The summed E-state index contributed by atoms with van der Waals surface area (Å²) in [6.07, 6.45) is 1.05. The van der Waals surface area contributed by atoms with E-state index in [1.54, 1.807) is 7.05 Å². The number of carboxylic acids is 1. The fourth-order valence-electron chi connectivity index (χ4n) is 1.31. The predicted molar refractivity (Wildman–Crippen MR) is 60.5 cm³/mol. The number of amides is 2. The van der Waals surface area contributed by atoms with Crippen LogP contribution in [0.15, 0.2) is 0 Å². The summed E-state index contributed by atoms with van der Waals surface area (Å²) in [6, 6.07) is -1.45. The van der Waals surface area contributed by atoms with Crippen molar-refractivity contribution in [3.63, 3.8) is 0 Å². The molecule has 2 amide bonds. The molecule has 1 aromatic heterocycles. The number of aryl methyl sites for hydroxylation is 1. The Hall–Kier alpha value is -2.19. The standard InChI is InChI=1S/C9H16N6O3/c1-3-4-6(8(16)17)11-9(18)10-5-7-12-14-15(2)13-7/h6H,3-5H2,1-2H3,(H,16,17)(H2,10,11,18). The first-order valence-corrected chi connectivity index (χ1v) is 5.53. The van der Waals surface area contributed by atoms with Gasteiger partial charge in [0.1, 0.15) is 6.04 Å². The van der Waals surface area contributed by atoms with Gasteiger partial charge in [0, 0.05) is 0 Å². The molecule has 100 valence electrons. The van der Waals surface area contributed by atoms with E-state index in [1.165, 1.54) is 4.80 Å². The highest BCUT2D eigenvalue weighted by molar-refractivity contribution is 5.82. The normalized spacial score (nSPS) is 11.9. The smallest absolute Gasteiger partial charge is 0.326 e. The lowest BCUT2D eigenvalue weighted by molar-refractivity contribution is -0.139. The number of carboxylic acid groups (broad SMARTS) is 1. The number of aliphatic carboxylic acids is 1. The molecule has 0 aliphatic heterocycles. The van der Waals surface area contributed by atoms with Gasteiger partial charge in [0.25, 0.3) is 0 Å². The molecular weight excluding hydrogens is 240 g/mol. The summed E-state index contributed by atoms with van der Waals surface area (Å²) in [6.45, 7) is 1.94. The van der Waals surface area contributed by atoms with Crippen molar-refractivity contribution in [1.29, 1.82) is 0 Å². The molecule has 9 heteroatoms. The van der Waals surface area contributed by atoms with Gasteiger partial charge in [0.05, 0.1) is 13.6 Å². The summed E-state index contributed by atoms with van der Waals surface area (Å²) in [5, 5.41) is 24.8. The molecule has 18 heavy (non-hydrogen) atoms. The van der Waals surface area contributed by atoms with E-state index in [1.807, 2.05) is 6.92 Å². The summed E-state index contributed by atoms with van der Waals surface area (Å²) in [5.74, 6) is -0.695. The van der Waals surface area contributed by atoms with Crippen molar-refractivity contribution in [2.24, 2.45) is 7.05 Å². The van der Waals surface area contributed by atoms with E-state index >= 15 is 0 Å². The Balaban J connectivity index is 2.38. The minimum atomic E-state index is -1.05. The van der Waals surface area contributed by atoms with Crippen LogP contribution in [0.3, 0.4) is 0 Å². The van der Waals surface area contributed by atoms with Crippen LogP contribution in [0.1, 0.15) is 25.6 Å². The Morgan fingerprint density at radius 3 is 2.72 bits per heavy atom. The molecule has 0 bridgehead atoms. The highest BCUT2D eigenvalue weighted by Gasteiger charge is 2.18. The average molecular weight is 256 g/mol. The molecule has 1 aromatic rings. The first-order chi connectivity index (χ1) is 8.52. The van der Waals surface area contributed by atoms with Gasteiger partial charge in [0.15, 0.2) is 5.82 Å². The van der Waals surface area contributed by atoms with Crippen LogP contribution in [0, 0.1) is 0 Å². The van der Waals surface area contributed by atoms with E-state index in [-0.39, 0.29) is 6.54 Å². The number of tetrazole rings is 1. The molecule has 0 aromatic carbocycles. The Labute approximate surface area is 104 Å². The number of urea groups is 1. The van der Waals surface area contributed by atoms with E-state index < -0.39 is 18.0 Å². The summed E-state index contributed by atoms with van der Waals surface area (Å²) in [5.41, 5.74) is 0. The number of hydrogen-bond donors (Lipinski definition) is 3. The van der Waals surface area contributed by atoms with Gasteiger partial charge in [-0.1, -0.05) is 13.3 Å². The van der Waals surface area contributed by atoms with E-state index in [2.05, 4.69) is 26.0 Å². The topological polar surface area (TPSA) is 122 Å². The van der Waals surface area contributed by atoms with Crippen LogP contribution in [-0.4, -0.2) is 43.4 Å². The van der Waals surface area contributed by atoms with Crippen molar-refractivity contribution < 1.29 is 14.7 Å². The Morgan fingerprint density at radius 2 is 2.22 bits per heavy atom. The van der Waals surface area contributed by atoms with Crippen molar-refractivity contribution in [2.45, 2.75) is 32.4 Å². The fraction of sp³-hybridized carbons (Fsp3) is 0.667. The highest BCUT2D eigenvalue weighted by Crippen LogP contribution is 1.96. The van der Waals surface area contributed by atoms with Crippen LogP contribution in [0.4, 0.5) is 4.79 Å². The third kappa shape index (κ3) is 4.36. The zero-order valence-electron chi connectivity index (χ0n) is 10.3. The molecule has 0 spiro atoms. The molecule has 1 atom stereocenters. The molecular formula is C9H16N6O3. The Bertz CT molecular complexity index is 418. The lowest BCUT2D eigenvalue weighted by atomic mass is 10.2. The molecule has 0 saturated heterocycles. The number of hydrogen-bond acceptors (Lipinski definition) is 5. The van der Waals surface area contributed by atoms with E-state index in [9.17, 15) is 9.59 Å². The molecule has 3 N–H and O–H groups in total. The van der Waals surface area contributed by atoms with Crippen molar-refractivity contribution in [2.75, 3.05) is 0 Å². The minimum absolute atomic E-state index is 0.0954. The predicted octanol–water partition coefficient (Wildman–Crippen LogP) is -0.737. The Morgan fingerprint density at radius 1 is 1.50 bits per heavy atom. The van der Waals surface area contributed by atoms with Crippen LogP contribution in [0.25, 0.3) is 0 Å². The molecule has 0 aliphatic rings. The number of nitrogens with zero attached hydrogens (tertiary/aromatic N) is 4. The van der Waals surface area contributed by atoms with Gasteiger partial charge in [-0.2, -0.15) is 4.80 Å².